The lowest BCUT2D eigenvalue weighted by Crippen LogP contribution is -2.11. The second-order valence-corrected chi connectivity index (χ2v) is 5.68. The van der Waals surface area contributed by atoms with Crippen molar-refractivity contribution in [3.8, 4) is 11.4 Å². The monoisotopic (exact) mass is 263 g/mol. The van der Waals surface area contributed by atoms with Crippen molar-refractivity contribution in [2.75, 3.05) is 5.73 Å². The first-order valence-corrected chi connectivity index (χ1v) is 6.26. The van der Waals surface area contributed by atoms with Crippen LogP contribution in [-0.4, -0.2) is 20.2 Å². The molecule has 0 unspecified atom stereocenters. The molecule has 1 aliphatic rings. The minimum Gasteiger partial charge on any atom is -0.399 e. The molecule has 0 spiro atoms. The largest absolute Gasteiger partial charge is 0.399 e. The predicted octanol–water partition coefficient (Wildman–Crippen LogP) is 2.38. The van der Waals surface area contributed by atoms with Crippen LogP contribution in [0.1, 0.15) is 19.8 Å². The van der Waals surface area contributed by atoms with Gasteiger partial charge in [-0.05, 0) is 46.9 Å². The number of nitrogen functional groups attached to an aromatic ring is 1. The SMILES string of the molecule is CC1(Cn2nnnc2-c2cc(N)cc(Cl)c2)CC1. The molecule has 1 aromatic carbocycles. The molecule has 1 saturated carbocycles. The van der Waals surface area contributed by atoms with Crippen LogP contribution in [0.5, 0.6) is 0 Å². The number of hydrogen-bond acceptors (Lipinski definition) is 4. The maximum absolute atomic E-state index is 6.01. The summed E-state index contributed by atoms with van der Waals surface area (Å²) in [6.07, 6.45) is 2.45. The highest BCUT2D eigenvalue weighted by molar-refractivity contribution is 6.31. The zero-order valence-electron chi connectivity index (χ0n) is 10.1. The number of aromatic nitrogens is 4. The van der Waals surface area contributed by atoms with Gasteiger partial charge >= 0.3 is 0 Å². The molecule has 0 bridgehead atoms. The van der Waals surface area contributed by atoms with Gasteiger partial charge in [-0.1, -0.05) is 18.5 Å². The fraction of sp³-hybridized carbons (Fsp3) is 0.417. The average molecular weight is 264 g/mol. The third kappa shape index (κ3) is 2.18. The van der Waals surface area contributed by atoms with Gasteiger partial charge in [-0.2, -0.15) is 0 Å². The highest BCUT2D eigenvalue weighted by Crippen LogP contribution is 2.46. The minimum atomic E-state index is 0.342. The number of halogens is 1. The van der Waals surface area contributed by atoms with E-state index >= 15 is 0 Å². The van der Waals surface area contributed by atoms with Gasteiger partial charge < -0.3 is 5.73 Å². The first kappa shape index (κ1) is 11.5. The van der Waals surface area contributed by atoms with E-state index in [4.69, 9.17) is 17.3 Å². The Hall–Kier alpha value is -1.62. The number of nitrogens with zero attached hydrogens (tertiary/aromatic N) is 4. The van der Waals surface area contributed by atoms with Crippen LogP contribution in [0.2, 0.25) is 5.02 Å². The van der Waals surface area contributed by atoms with Crippen molar-refractivity contribution in [3.63, 3.8) is 0 Å². The van der Waals surface area contributed by atoms with Gasteiger partial charge in [0.15, 0.2) is 5.82 Å². The van der Waals surface area contributed by atoms with Crippen molar-refractivity contribution in [2.24, 2.45) is 5.41 Å². The molecule has 94 valence electrons. The molecule has 5 nitrogen and oxygen atoms in total. The minimum absolute atomic E-state index is 0.342. The average Bonchev–Trinajstić information content (AvgIpc) is 2.85. The molecule has 1 heterocycles. The molecule has 18 heavy (non-hydrogen) atoms. The summed E-state index contributed by atoms with van der Waals surface area (Å²) in [7, 11) is 0. The molecular weight excluding hydrogens is 250 g/mol. The topological polar surface area (TPSA) is 69.6 Å². The van der Waals surface area contributed by atoms with Crippen LogP contribution in [0, 0.1) is 5.41 Å². The van der Waals surface area contributed by atoms with Gasteiger partial charge in [0.1, 0.15) is 0 Å². The molecule has 2 aromatic rings. The van der Waals surface area contributed by atoms with Crippen molar-refractivity contribution in [1.29, 1.82) is 0 Å². The van der Waals surface area contributed by atoms with E-state index in [1.807, 2.05) is 16.8 Å². The summed E-state index contributed by atoms with van der Waals surface area (Å²) in [6.45, 7) is 3.08. The zero-order chi connectivity index (χ0) is 12.8. The lowest BCUT2D eigenvalue weighted by molar-refractivity contribution is 0.427. The quantitative estimate of drug-likeness (QED) is 0.863. The standard InChI is InChI=1S/C12H14ClN5/c1-12(2-3-12)7-18-11(15-16-17-18)8-4-9(13)6-10(14)5-8/h4-6H,2-3,7,14H2,1H3. The third-order valence-corrected chi connectivity index (χ3v) is 3.56. The van der Waals surface area contributed by atoms with Crippen LogP contribution in [0.3, 0.4) is 0 Å². The molecule has 0 aliphatic heterocycles. The van der Waals surface area contributed by atoms with Crippen molar-refractivity contribution >= 4 is 17.3 Å². The van der Waals surface area contributed by atoms with E-state index in [1.165, 1.54) is 12.8 Å². The molecular formula is C12H14ClN5. The molecule has 0 radical (unpaired) electrons. The van der Waals surface area contributed by atoms with Crippen LogP contribution in [0.15, 0.2) is 18.2 Å². The maximum atomic E-state index is 6.01. The molecule has 1 fully saturated rings. The van der Waals surface area contributed by atoms with Gasteiger partial charge in [-0.15, -0.1) is 5.10 Å². The van der Waals surface area contributed by atoms with Gasteiger partial charge in [0.05, 0.1) is 6.54 Å². The molecule has 3 rings (SSSR count). The van der Waals surface area contributed by atoms with Gasteiger partial charge in [0.2, 0.25) is 0 Å². The molecule has 1 aromatic heterocycles. The Morgan fingerprint density at radius 3 is 2.83 bits per heavy atom. The summed E-state index contributed by atoms with van der Waals surface area (Å²) in [5.41, 5.74) is 7.61. The second-order valence-electron chi connectivity index (χ2n) is 5.24. The third-order valence-electron chi connectivity index (χ3n) is 3.35. The van der Waals surface area contributed by atoms with Crippen molar-refractivity contribution in [2.45, 2.75) is 26.3 Å². The van der Waals surface area contributed by atoms with E-state index < -0.39 is 0 Å². The van der Waals surface area contributed by atoms with E-state index in [0.717, 1.165) is 17.9 Å². The smallest absolute Gasteiger partial charge is 0.182 e. The maximum Gasteiger partial charge on any atom is 0.182 e. The fourth-order valence-corrected chi connectivity index (χ4v) is 2.24. The second kappa shape index (κ2) is 3.95. The lowest BCUT2D eigenvalue weighted by Gasteiger charge is -2.10. The van der Waals surface area contributed by atoms with E-state index in [-0.39, 0.29) is 0 Å². The summed E-state index contributed by atoms with van der Waals surface area (Å²) in [4.78, 5) is 0. The first-order valence-electron chi connectivity index (χ1n) is 5.88. The van der Waals surface area contributed by atoms with Crippen LogP contribution < -0.4 is 5.73 Å². The molecule has 0 atom stereocenters. The van der Waals surface area contributed by atoms with Gasteiger partial charge in [0, 0.05) is 16.3 Å². The molecule has 1 aliphatic carbocycles. The number of benzene rings is 1. The molecule has 2 N–H and O–H groups in total. The summed E-state index contributed by atoms with van der Waals surface area (Å²) >= 11 is 6.01. The Labute approximate surface area is 110 Å². The molecule has 0 amide bonds. The Morgan fingerprint density at radius 1 is 1.39 bits per heavy atom. The van der Waals surface area contributed by atoms with Gasteiger partial charge in [0.25, 0.3) is 0 Å². The van der Waals surface area contributed by atoms with E-state index in [1.54, 1.807) is 6.07 Å². The highest BCUT2D eigenvalue weighted by atomic mass is 35.5. The van der Waals surface area contributed by atoms with Crippen LogP contribution >= 0.6 is 11.6 Å². The van der Waals surface area contributed by atoms with Crippen LogP contribution in [0.25, 0.3) is 11.4 Å². The number of tetrazole rings is 1. The highest BCUT2D eigenvalue weighted by Gasteiger charge is 2.38. The predicted molar refractivity (Wildman–Crippen MR) is 70.0 cm³/mol. The summed E-state index contributed by atoms with van der Waals surface area (Å²) in [5, 5.41) is 12.5. The fourth-order valence-electron chi connectivity index (χ4n) is 1.99. The molecule has 6 heteroatoms. The van der Waals surface area contributed by atoms with Crippen LogP contribution in [0.4, 0.5) is 5.69 Å². The van der Waals surface area contributed by atoms with Crippen molar-refractivity contribution in [3.05, 3.63) is 23.2 Å². The summed E-state index contributed by atoms with van der Waals surface area (Å²) < 4.78 is 1.83. The lowest BCUT2D eigenvalue weighted by atomic mass is 10.1. The van der Waals surface area contributed by atoms with Crippen LogP contribution in [-0.2, 0) is 6.54 Å². The van der Waals surface area contributed by atoms with E-state index in [2.05, 4.69) is 22.4 Å². The summed E-state index contributed by atoms with van der Waals surface area (Å²) in [6, 6.07) is 5.38. The first-order chi connectivity index (χ1) is 8.56. The number of hydrogen-bond donors (Lipinski definition) is 1. The zero-order valence-corrected chi connectivity index (χ0v) is 10.9. The number of nitrogens with two attached hydrogens (primary N) is 1. The Balaban J connectivity index is 1.98. The van der Waals surface area contributed by atoms with E-state index in [0.29, 0.717) is 16.1 Å². The van der Waals surface area contributed by atoms with Gasteiger partial charge in [-0.25, -0.2) is 4.68 Å². The van der Waals surface area contributed by atoms with Crippen molar-refractivity contribution in [1.82, 2.24) is 20.2 Å². The summed E-state index contributed by atoms with van der Waals surface area (Å²) in [5.74, 6) is 0.720. The Morgan fingerprint density at radius 2 is 2.17 bits per heavy atom. The normalized spacial score (nSPS) is 16.8. The van der Waals surface area contributed by atoms with Gasteiger partial charge in [-0.3, -0.25) is 0 Å². The van der Waals surface area contributed by atoms with Crippen molar-refractivity contribution < 1.29 is 0 Å². The number of anilines is 1. The number of rotatable bonds is 3. The Bertz CT molecular complexity index is 568. The van der Waals surface area contributed by atoms with E-state index in [9.17, 15) is 0 Å². The molecule has 0 saturated heterocycles. The Kier molecular flexibility index (Phi) is 2.52.